The van der Waals surface area contributed by atoms with Crippen LogP contribution in [-0.2, 0) is 25.7 Å². The van der Waals surface area contributed by atoms with E-state index in [0.717, 1.165) is 22.0 Å². The van der Waals surface area contributed by atoms with Gasteiger partial charge >= 0.3 is 5.97 Å². The Morgan fingerprint density at radius 2 is 2.06 bits per heavy atom. The third kappa shape index (κ3) is 6.65. The molecule has 0 atom stereocenters. The van der Waals surface area contributed by atoms with Gasteiger partial charge in [-0.3, -0.25) is 14.4 Å². The summed E-state index contributed by atoms with van der Waals surface area (Å²) in [6.07, 6.45) is 1.60. The molecule has 2 aromatic heterocycles. The fourth-order valence-electron chi connectivity index (χ4n) is 2.69. The number of thiazole rings is 2. The molecule has 0 fully saturated rings. The summed E-state index contributed by atoms with van der Waals surface area (Å²) < 4.78 is 13.1. The zero-order chi connectivity index (χ0) is 22.9. The number of nitrogens with zero attached hydrogens (tertiary/aromatic N) is 3. The first-order chi connectivity index (χ1) is 15.5. The normalized spacial score (nSPS) is 11.5. The molecule has 0 spiro atoms. The van der Waals surface area contributed by atoms with Gasteiger partial charge in [0.1, 0.15) is 12.3 Å². The standard InChI is InChI=1S/C20H22N4O5S3/c1-3-28-13-5-6-14-15(9-13)32-20(24(14)10-18(27)29-4-2)23-17(26)12-30-11-16(25)22-19-21-7-8-31-19/h5-9H,3-4,10-12H2,1-2H3,(H,21,22,25). The van der Waals surface area contributed by atoms with Crippen molar-refractivity contribution in [2.24, 2.45) is 4.99 Å². The van der Waals surface area contributed by atoms with Crippen LogP contribution in [0.1, 0.15) is 13.8 Å². The molecule has 0 unspecified atom stereocenters. The summed E-state index contributed by atoms with van der Waals surface area (Å²) in [6, 6.07) is 5.49. The topological polar surface area (TPSA) is 112 Å². The highest BCUT2D eigenvalue weighted by atomic mass is 32.2. The SMILES string of the molecule is CCOC(=O)Cn1c(=NC(=O)CSCC(=O)Nc2nccs2)sc2cc(OCC)ccc21. The van der Waals surface area contributed by atoms with E-state index in [-0.39, 0.29) is 30.6 Å². The molecule has 2 heterocycles. The van der Waals surface area contributed by atoms with E-state index in [1.807, 2.05) is 25.1 Å². The first-order valence-corrected chi connectivity index (χ1v) is 12.6. The highest BCUT2D eigenvalue weighted by Crippen LogP contribution is 2.23. The number of carbonyl (C=O) groups is 3. The maximum Gasteiger partial charge on any atom is 0.326 e. The Morgan fingerprint density at radius 3 is 2.78 bits per heavy atom. The molecule has 2 amide bonds. The van der Waals surface area contributed by atoms with Crippen LogP contribution >= 0.6 is 34.4 Å². The Kier molecular flexibility index (Phi) is 8.82. The minimum absolute atomic E-state index is 0.0309. The molecule has 9 nitrogen and oxygen atoms in total. The molecule has 170 valence electrons. The van der Waals surface area contributed by atoms with Gasteiger partial charge in [0.2, 0.25) is 5.91 Å². The molecule has 32 heavy (non-hydrogen) atoms. The summed E-state index contributed by atoms with van der Waals surface area (Å²) in [5.74, 6) is -0.212. The van der Waals surface area contributed by atoms with Crippen LogP contribution in [0.3, 0.4) is 0 Å². The molecular weight excluding hydrogens is 472 g/mol. The molecule has 3 rings (SSSR count). The van der Waals surface area contributed by atoms with Crippen molar-refractivity contribution in [3.63, 3.8) is 0 Å². The fourth-order valence-corrected chi connectivity index (χ4v) is 4.91. The second-order valence-electron chi connectivity index (χ2n) is 6.22. The van der Waals surface area contributed by atoms with Crippen LogP contribution in [0.15, 0.2) is 34.8 Å². The zero-order valence-corrected chi connectivity index (χ0v) is 20.0. The zero-order valence-electron chi connectivity index (χ0n) is 17.5. The Balaban J connectivity index is 1.74. The van der Waals surface area contributed by atoms with Crippen molar-refractivity contribution in [1.82, 2.24) is 9.55 Å². The smallest absolute Gasteiger partial charge is 0.326 e. The van der Waals surface area contributed by atoms with Crippen LogP contribution < -0.4 is 14.9 Å². The molecule has 0 saturated heterocycles. The number of esters is 1. The maximum atomic E-state index is 12.4. The predicted molar refractivity (Wildman–Crippen MR) is 126 cm³/mol. The minimum Gasteiger partial charge on any atom is -0.494 e. The summed E-state index contributed by atoms with van der Waals surface area (Å²) in [4.78, 5) is 45.0. The van der Waals surface area contributed by atoms with Gasteiger partial charge in [-0.1, -0.05) is 11.3 Å². The van der Waals surface area contributed by atoms with Gasteiger partial charge in [0.05, 0.1) is 34.9 Å². The maximum absolute atomic E-state index is 12.4. The molecule has 1 N–H and O–H groups in total. The Hall–Kier alpha value is -2.70. The number of ether oxygens (including phenoxy) is 2. The number of anilines is 1. The van der Waals surface area contributed by atoms with Gasteiger partial charge < -0.3 is 19.4 Å². The molecule has 0 aliphatic heterocycles. The van der Waals surface area contributed by atoms with Crippen molar-refractivity contribution < 1.29 is 23.9 Å². The quantitative estimate of drug-likeness (QED) is 0.431. The first kappa shape index (κ1) is 24.0. The summed E-state index contributed by atoms with van der Waals surface area (Å²) >= 11 is 3.77. The van der Waals surface area contributed by atoms with Crippen molar-refractivity contribution in [2.45, 2.75) is 20.4 Å². The van der Waals surface area contributed by atoms with E-state index in [1.54, 1.807) is 23.1 Å². The van der Waals surface area contributed by atoms with Gasteiger partial charge in [0.15, 0.2) is 9.93 Å². The molecule has 12 heteroatoms. The van der Waals surface area contributed by atoms with E-state index >= 15 is 0 Å². The molecule has 0 aliphatic carbocycles. The highest BCUT2D eigenvalue weighted by Gasteiger charge is 2.13. The van der Waals surface area contributed by atoms with Crippen molar-refractivity contribution in [2.75, 3.05) is 30.0 Å². The third-order valence-corrected chi connectivity index (χ3v) is 6.56. The molecule has 0 saturated carbocycles. The predicted octanol–water partition coefficient (Wildman–Crippen LogP) is 2.92. The van der Waals surface area contributed by atoms with Gasteiger partial charge in [-0.2, -0.15) is 4.99 Å². The Morgan fingerprint density at radius 1 is 1.22 bits per heavy atom. The van der Waals surface area contributed by atoms with Gasteiger partial charge in [0, 0.05) is 11.6 Å². The van der Waals surface area contributed by atoms with Gasteiger partial charge in [-0.15, -0.1) is 23.1 Å². The van der Waals surface area contributed by atoms with E-state index in [0.29, 0.717) is 22.3 Å². The Labute approximate surface area is 196 Å². The van der Waals surface area contributed by atoms with Crippen LogP contribution in [0.4, 0.5) is 5.13 Å². The van der Waals surface area contributed by atoms with E-state index in [9.17, 15) is 14.4 Å². The van der Waals surface area contributed by atoms with Crippen LogP contribution in [0.5, 0.6) is 5.75 Å². The van der Waals surface area contributed by atoms with Crippen LogP contribution in [-0.4, -0.2) is 52.1 Å². The highest BCUT2D eigenvalue weighted by molar-refractivity contribution is 8.00. The number of fused-ring (bicyclic) bond motifs is 1. The lowest BCUT2D eigenvalue weighted by Gasteiger charge is -2.06. The number of amides is 2. The lowest BCUT2D eigenvalue weighted by molar-refractivity contribution is -0.143. The molecule has 0 bridgehead atoms. The van der Waals surface area contributed by atoms with Gasteiger partial charge in [-0.25, -0.2) is 4.98 Å². The third-order valence-electron chi connectivity index (χ3n) is 3.92. The number of carbonyl (C=O) groups excluding carboxylic acids is 3. The van der Waals surface area contributed by atoms with Crippen molar-refractivity contribution in [1.29, 1.82) is 0 Å². The van der Waals surface area contributed by atoms with E-state index < -0.39 is 11.9 Å². The van der Waals surface area contributed by atoms with E-state index in [1.165, 1.54) is 22.7 Å². The fraction of sp³-hybridized carbons (Fsp3) is 0.350. The summed E-state index contributed by atoms with van der Waals surface area (Å²) in [5.41, 5.74) is 0.758. The molecule has 3 aromatic rings. The summed E-state index contributed by atoms with van der Waals surface area (Å²) in [7, 11) is 0. The number of nitrogens with one attached hydrogen (secondary N) is 1. The first-order valence-electron chi connectivity index (χ1n) is 9.76. The monoisotopic (exact) mass is 494 g/mol. The summed E-state index contributed by atoms with van der Waals surface area (Å²) in [5, 5.41) is 4.94. The molecule has 1 aromatic carbocycles. The van der Waals surface area contributed by atoms with Crippen molar-refractivity contribution in [3.05, 3.63) is 34.6 Å². The van der Waals surface area contributed by atoms with Crippen molar-refractivity contribution in [3.8, 4) is 5.75 Å². The number of hydrogen-bond donors (Lipinski definition) is 1. The lowest BCUT2D eigenvalue weighted by atomic mass is 10.3. The van der Waals surface area contributed by atoms with Gasteiger partial charge in [0.25, 0.3) is 5.91 Å². The number of rotatable bonds is 10. The van der Waals surface area contributed by atoms with E-state index in [2.05, 4.69) is 15.3 Å². The molecule has 0 radical (unpaired) electrons. The average molecular weight is 495 g/mol. The molecule has 0 aliphatic rings. The number of benzene rings is 1. The van der Waals surface area contributed by atoms with E-state index in [4.69, 9.17) is 9.47 Å². The molecular formula is C20H22N4O5S3. The summed E-state index contributed by atoms with van der Waals surface area (Å²) in [6.45, 7) is 4.37. The number of thioether (sulfide) groups is 1. The van der Waals surface area contributed by atoms with Crippen molar-refractivity contribution >= 4 is 67.6 Å². The number of aromatic nitrogens is 2. The Bertz CT molecular complexity index is 1150. The average Bonchev–Trinajstić information content (AvgIpc) is 3.36. The largest absolute Gasteiger partial charge is 0.494 e. The second kappa shape index (κ2) is 11.8. The number of hydrogen-bond acceptors (Lipinski definition) is 9. The van der Waals surface area contributed by atoms with Crippen LogP contribution in [0.25, 0.3) is 10.2 Å². The van der Waals surface area contributed by atoms with Gasteiger partial charge in [-0.05, 0) is 32.0 Å². The van der Waals surface area contributed by atoms with Crippen LogP contribution in [0.2, 0.25) is 0 Å². The lowest BCUT2D eigenvalue weighted by Crippen LogP contribution is -2.23. The van der Waals surface area contributed by atoms with Crippen LogP contribution in [0, 0.1) is 0 Å². The minimum atomic E-state index is -0.414. The second-order valence-corrected chi connectivity index (χ2v) is 9.11.